The number of anilines is 2. The second-order valence-corrected chi connectivity index (χ2v) is 4.40. The van der Waals surface area contributed by atoms with E-state index in [-0.39, 0.29) is 36.0 Å². The molecular formula is C10H15N5O3. The van der Waals surface area contributed by atoms with Crippen LogP contribution in [0.15, 0.2) is 6.20 Å². The minimum absolute atomic E-state index is 0.00755. The summed E-state index contributed by atoms with van der Waals surface area (Å²) in [5.41, 5.74) is 5.30. The Labute approximate surface area is 104 Å². The maximum absolute atomic E-state index is 11.0. The number of nitro groups is 1. The van der Waals surface area contributed by atoms with Crippen LogP contribution < -0.4 is 10.6 Å². The van der Waals surface area contributed by atoms with E-state index in [0.717, 1.165) is 12.6 Å². The molecule has 0 aliphatic carbocycles. The van der Waals surface area contributed by atoms with Crippen LogP contribution in [0.4, 0.5) is 17.5 Å². The van der Waals surface area contributed by atoms with Gasteiger partial charge in [0.25, 0.3) is 0 Å². The summed E-state index contributed by atoms with van der Waals surface area (Å²) < 4.78 is 0. The Morgan fingerprint density at radius 2 is 2.44 bits per heavy atom. The molecule has 0 aromatic carbocycles. The molecule has 1 aromatic heterocycles. The third-order valence-electron chi connectivity index (χ3n) is 3.31. The summed E-state index contributed by atoms with van der Waals surface area (Å²) in [6.45, 7) is 2.54. The number of nitrogen functional groups attached to an aromatic ring is 1. The number of nitrogens with two attached hydrogens (primary N) is 1. The molecule has 3 N–H and O–H groups in total. The highest BCUT2D eigenvalue weighted by molar-refractivity contribution is 5.59. The van der Waals surface area contributed by atoms with E-state index in [4.69, 9.17) is 5.73 Å². The van der Waals surface area contributed by atoms with Crippen molar-refractivity contribution in [1.29, 1.82) is 0 Å². The first-order valence-electron chi connectivity index (χ1n) is 5.69. The molecule has 8 heteroatoms. The number of rotatable bonds is 3. The van der Waals surface area contributed by atoms with Gasteiger partial charge in [-0.15, -0.1) is 0 Å². The normalized spacial score (nSPS) is 23.3. The predicted molar refractivity (Wildman–Crippen MR) is 65.1 cm³/mol. The van der Waals surface area contributed by atoms with Crippen molar-refractivity contribution < 1.29 is 10.0 Å². The molecular weight excluding hydrogens is 238 g/mol. The minimum Gasteiger partial charge on any atom is -0.394 e. The molecule has 98 valence electrons. The molecule has 2 rings (SSSR count). The van der Waals surface area contributed by atoms with Gasteiger partial charge in [0, 0.05) is 6.54 Å². The molecule has 0 spiro atoms. The average molecular weight is 253 g/mol. The highest BCUT2D eigenvalue weighted by atomic mass is 16.6. The molecule has 18 heavy (non-hydrogen) atoms. The van der Waals surface area contributed by atoms with Crippen molar-refractivity contribution >= 4 is 17.5 Å². The van der Waals surface area contributed by atoms with Crippen LogP contribution in [0.25, 0.3) is 0 Å². The molecule has 1 saturated heterocycles. The van der Waals surface area contributed by atoms with Crippen molar-refractivity contribution in [2.75, 3.05) is 23.8 Å². The molecule has 2 unspecified atom stereocenters. The molecule has 0 amide bonds. The van der Waals surface area contributed by atoms with Gasteiger partial charge in [0.1, 0.15) is 6.20 Å². The first-order chi connectivity index (χ1) is 8.54. The first kappa shape index (κ1) is 12.5. The average Bonchev–Trinajstić information content (AvgIpc) is 2.69. The third kappa shape index (κ3) is 2.06. The summed E-state index contributed by atoms with van der Waals surface area (Å²) in [4.78, 5) is 19.8. The van der Waals surface area contributed by atoms with Crippen LogP contribution in [0.2, 0.25) is 0 Å². The fraction of sp³-hybridized carbons (Fsp3) is 0.600. The van der Waals surface area contributed by atoms with E-state index in [1.807, 2.05) is 6.92 Å². The van der Waals surface area contributed by atoms with Crippen molar-refractivity contribution in [2.24, 2.45) is 5.92 Å². The third-order valence-corrected chi connectivity index (χ3v) is 3.31. The lowest BCUT2D eigenvalue weighted by Gasteiger charge is -2.25. The van der Waals surface area contributed by atoms with Crippen molar-refractivity contribution in [1.82, 2.24) is 9.97 Å². The number of aliphatic hydroxyl groups is 1. The molecule has 2 atom stereocenters. The zero-order chi connectivity index (χ0) is 13.3. The Hall–Kier alpha value is -1.96. The van der Waals surface area contributed by atoms with Crippen LogP contribution in [0, 0.1) is 16.0 Å². The summed E-state index contributed by atoms with van der Waals surface area (Å²) in [6.07, 6.45) is 1.96. The van der Waals surface area contributed by atoms with E-state index in [9.17, 15) is 15.2 Å². The molecule has 0 saturated carbocycles. The van der Waals surface area contributed by atoms with Gasteiger partial charge in [-0.1, -0.05) is 6.92 Å². The van der Waals surface area contributed by atoms with Crippen LogP contribution >= 0.6 is 0 Å². The highest BCUT2D eigenvalue weighted by Crippen LogP contribution is 2.33. The van der Waals surface area contributed by atoms with Crippen LogP contribution in [-0.4, -0.2) is 39.2 Å². The summed E-state index contributed by atoms with van der Waals surface area (Å²) in [6, 6.07) is -0.169. The number of nitrogens with zero attached hydrogens (tertiary/aromatic N) is 4. The van der Waals surface area contributed by atoms with Crippen molar-refractivity contribution in [3.8, 4) is 0 Å². The molecule has 0 radical (unpaired) electrons. The topological polar surface area (TPSA) is 118 Å². The van der Waals surface area contributed by atoms with Gasteiger partial charge in [-0.2, -0.15) is 4.98 Å². The summed E-state index contributed by atoms with van der Waals surface area (Å²) in [5.74, 6) is 0.438. The van der Waals surface area contributed by atoms with E-state index in [0.29, 0.717) is 6.54 Å². The Bertz CT molecular complexity index is 467. The molecule has 2 heterocycles. The van der Waals surface area contributed by atoms with Gasteiger partial charge < -0.3 is 15.7 Å². The number of hydrogen-bond donors (Lipinski definition) is 2. The molecule has 1 aliphatic heterocycles. The molecule has 0 bridgehead atoms. The fourth-order valence-electron chi connectivity index (χ4n) is 2.27. The standard InChI is InChI=1S/C10H15N5O3/c1-6-2-3-14(8(6)5-16)9-7(15(17)18)4-12-10(11)13-9/h4,6,8,16H,2-3,5H2,1H3,(H2,11,12,13). The zero-order valence-electron chi connectivity index (χ0n) is 9.98. The Balaban J connectivity index is 2.43. The van der Waals surface area contributed by atoms with Gasteiger partial charge in [-0.05, 0) is 12.3 Å². The van der Waals surface area contributed by atoms with E-state index in [1.54, 1.807) is 4.90 Å². The van der Waals surface area contributed by atoms with Gasteiger partial charge >= 0.3 is 5.69 Å². The predicted octanol–water partition coefficient (Wildman–Crippen LogP) is 0.174. The van der Waals surface area contributed by atoms with Crippen LogP contribution in [-0.2, 0) is 0 Å². The van der Waals surface area contributed by atoms with E-state index >= 15 is 0 Å². The molecule has 1 aromatic rings. The van der Waals surface area contributed by atoms with Crippen LogP contribution in [0.3, 0.4) is 0 Å². The van der Waals surface area contributed by atoms with Crippen molar-refractivity contribution in [3.05, 3.63) is 16.3 Å². The van der Waals surface area contributed by atoms with Gasteiger partial charge in [0.15, 0.2) is 0 Å². The van der Waals surface area contributed by atoms with Gasteiger partial charge in [-0.3, -0.25) is 10.1 Å². The maximum Gasteiger partial charge on any atom is 0.329 e. The van der Waals surface area contributed by atoms with Crippen molar-refractivity contribution in [3.63, 3.8) is 0 Å². The minimum atomic E-state index is -0.536. The van der Waals surface area contributed by atoms with Gasteiger partial charge in [0.2, 0.25) is 11.8 Å². The summed E-state index contributed by atoms with van der Waals surface area (Å²) in [7, 11) is 0. The lowest BCUT2D eigenvalue weighted by molar-refractivity contribution is -0.384. The largest absolute Gasteiger partial charge is 0.394 e. The monoisotopic (exact) mass is 253 g/mol. The lowest BCUT2D eigenvalue weighted by atomic mass is 10.0. The number of aromatic nitrogens is 2. The van der Waals surface area contributed by atoms with Gasteiger partial charge in [0.05, 0.1) is 17.6 Å². The summed E-state index contributed by atoms with van der Waals surface area (Å²) >= 11 is 0. The molecule has 1 aliphatic rings. The van der Waals surface area contributed by atoms with Crippen LogP contribution in [0.1, 0.15) is 13.3 Å². The summed E-state index contributed by atoms with van der Waals surface area (Å²) in [5, 5.41) is 20.3. The second kappa shape index (κ2) is 4.73. The molecule has 8 nitrogen and oxygen atoms in total. The lowest BCUT2D eigenvalue weighted by Crippen LogP contribution is -2.36. The fourth-order valence-corrected chi connectivity index (χ4v) is 2.27. The maximum atomic E-state index is 11.0. The number of hydrogen-bond acceptors (Lipinski definition) is 7. The van der Waals surface area contributed by atoms with E-state index in [1.165, 1.54) is 0 Å². The van der Waals surface area contributed by atoms with Crippen molar-refractivity contribution in [2.45, 2.75) is 19.4 Å². The SMILES string of the molecule is CC1CCN(c2nc(N)ncc2[N+](=O)[O-])C1CO. The van der Waals surface area contributed by atoms with Crippen LogP contribution in [0.5, 0.6) is 0 Å². The highest BCUT2D eigenvalue weighted by Gasteiger charge is 2.35. The van der Waals surface area contributed by atoms with E-state index in [2.05, 4.69) is 9.97 Å². The van der Waals surface area contributed by atoms with E-state index < -0.39 is 4.92 Å². The Morgan fingerprint density at radius 1 is 1.72 bits per heavy atom. The Morgan fingerprint density at radius 3 is 3.06 bits per heavy atom. The molecule has 1 fully saturated rings. The second-order valence-electron chi connectivity index (χ2n) is 4.40. The number of aliphatic hydroxyl groups excluding tert-OH is 1. The Kier molecular flexibility index (Phi) is 3.28. The van der Waals surface area contributed by atoms with Gasteiger partial charge in [-0.25, -0.2) is 4.98 Å². The smallest absolute Gasteiger partial charge is 0.329 e. The zero-order valence-corrected chi connectivity index (χ0v) is 9.98. The first-order valence-corrected chi connectivity index (χ1v) is 5.69. The quantitative estimate of drug-likeness (QED) is 0.582.